The first-order chi connectivity index (χ1) is 9.78. The fourth-order valence-electron chi connectivity index (χ4n) is 1.90. The molecule has 2 rings (SSSR count). The maximum atomic E-state index is 8.77. The van der Waals surface area contributed by atoms with Crippen molar-refractivity contribution >= 4 is 15.9 Å². The molecule has 0 aliphatic rings. The van der Waals surface area contributed by atoms with E-state index < -0.39 is 0 Å². The molecule has 0 fully saturated rings. The summed E-state index contributed by atoms with van der Waals surface area (Å²) < 4.78 is 0.970. The Bertz CT molecular complexity index is 563. The topological polar surface area (TPSA) is 52.8 Å². The monoisotopic (exact) mass is 330 g/mol. The third-order valence-corrected chi connectivity index (χ3v) is 3.31. The highest BCUT2D eigenvalue weighted by Crippen LogP contribution is 2.11. The number of hydrogen-bond acceptors (Lipinski definition) is 4. The van der Waals surface area contributed by atoms with Gasteiger partial charge in [0.2, 0.25) is 0 Å². The van der Waals surface area contributed by atoms with Crippen LogP contribution in [0.1, 0.15) is 17.7 Å². The molecule has 0 unspecified atom stereocenters. The van der Waals surface area contributed by atoms with E-state index in [1.807, 2.05) is 30.5 Å². The Morgan fingerprint density at radius 3 is 2.75 bits per heavy atom. The third-order valence-electron chi connectivity index (χ3n) is 2.84. The van der Waals surface area contributed by atoms with Crippen molar-refractivity contribution in [3.63, 3.8) is 0 Å². The van der Waals surface area contributed by atoms with Crippen LogP contribution in [-0.2, 0) is 13.1 Å². The molecule has 102 valence electrons. The van der Waals surface area contributed by atoms with Gasteiger partial charge in [0.25, 0.3) is 0 Å². The van der Waals surface area contributed by atoms with E-state index in [9.17, 15) is 0 Å². The van der Waals surface area contributed by atoms with Crippen molar-refractivity contribution in [2.24, 2.45) is 0 Å². The highest BCUT2D eigenvalue weighted by atomic mass is 79.9. The minimum Gasteiger partial charge on any atom is -0.292 e. The van der Waals surface area contributed by atoms with Crippen LogP contribution in [0.15, 0.2) is 47.3 Å². The fraction of sp³-hybridized carbons (Fsp3) is 0.267. The van der Waals surface area contributed by atoms with E-state index >= 15 is 0 Å². The average Bonchev–Trinajstić information content (AvgIpc) is 2.48. The Kier molecular flexibility index (Phi) is 5.66. The van der Waals surface area contributed by atoms with Gasteiger partial charge in [-0.1, -0.05) is 6.07 Å². The Balaban J connectivity index is 2.03. The summed E-state index contributed by atoms with van der Waals surface area (Å²) in [5.74, 6) is 0. The van der Waals surface area contributed by atoms with E-state index in [1.165, 1.54) is 0 Å². The van der Waals surface area contributed by atoms with Crippen LogP contribution in [0.25, 0.3) is 0 Å². The largest absolute Gasteiger partial charge is 0.292 e. The van der Waals surface area contributed by atoms with Gasteiger partial charge in [-0.3, -0.25) is 14.9 Å². The summed E-state index contributed by atoms with van der Waals surface area (Å²) in [7, 11) is 0. The van der Waals surface area contributed by atoms with Crippen LogP contribution < -0.4 is 0 Å². The molecule has 0 bridgehead atoms. The molecule has 0 aliphatic carbocycles. The third kappa shape index (κ3) is 4.72. The number of nitriles is 1. The lowest BCUT2D eigenvalue weighted by Crippen LogP contribution is -2.24. The van der Waals surface area contributed by atoms with Gasteiger partial charge in [0.15, 0.2) is 0 Å². The van der Waals surface area contributed by atoms with Crippen LogP contribution in [0.3, 0.4) is 0 Å². The highest BCUT2D eigenvalue weighted by molar-refractivity contribution is 9.10. The van der Waals surface area contributed by atoms with E-state index in [0.717, 1.165) is 35.4 Å². The Morgan fingerprint density at radius 1 is 1.20 bits per heavy atom. The molecular weight excluding hydrogens is 316 g/mol. The summed E-state index contributed by atoms with van der Waals surface area (Å²) >= 11 is 3.38. The number of aromatic nitrogens is 2. The molecule has 0 atom stereocenters. The van der Waals surface area contributed by atoms with Crippen molar-refractivity contribution in [1.29, 1.82) is 5.26 Å². The van der Waals surface area contributed by atoms with Gasteiger partial charge < -0.3 is 0 Å². The van der Waals surface area contributed by atoms with Gasteiger partial charge >= 0.3 is 0 Å². The zero-order valence-corrected chi connectivity index (χ0v) is 12.6. The predicted molar refractivity (Wildman–Crippen MR) is 80.5 cm³/mol. The molecule has 0 amide bonds. The maximum Gasteiger partial charge on any atom is 0.0635 e. The van der Waals surface area contributed by atoms with E-state index in [1.54, 1.807) is 12.4 Å². The van der Waals surface area contributed by atoms with Gasteiger partial charge in [-0.15, -0.1) is 0 Å². The summed E-state index contributed by atoms with van der Waals surface area (Å²) in [5, 5.41) is 8.77. The standard InChI is InChI=1S/C15H15BrN4/c16-14-4-5-15(19-10-14)12-20(8-2-6-17)11-13-3-1-7-18-9-13/h1,3-5,7,9-10H,2,8,11-12H2. The molecule has 0 saturated carbocycles. The molecule has 0 N–H and O–H groups in total. The number of hydrogen-bond donors (Lipinski definition) is 0. The average molecular weight is 331 g/mol. The van der Waals surface area contributed by atoms with Crippen molar-refractivity contribution in [3.05, 3.63) is 58.6 Å². The Hall–Kier alpha value is -1.77. The smallest absolute Gasteiger partial charge is 0.0635 e. The van der Waals surface area contributed by atoms with Gasteiger partial charge in [-0.2, -0.15) is 5.26 Å². The molecule has 2 aromatic rings. The molecule has 4 nitrogen and oxygen atoms in total. The summed E-state index contributed by atoms with van der Waals surface area (Å²) in [4.78, 5) is 10.7. The molecule has 2 heterocycles. The van der Waals surface area contributed by atoms with Crippen molar-refractivity contribution in [2.45, 2.75) is 19.5 Å². The summed E-state index contributed by atoms with van der Waals surface area (Å²) in [5.41, 5.74) is 2.14. The summed E-state index contributed by atoms with van der Waals surface area (Å²) in [6, 6.07) is 10.1. The van der Waals surface area contributed by atoms with Crippen molar-refractivity contribution < 1.29 is 0 Å². The number of nitrogens with zero attached hydrogens (tertiary/aromatic N) is 4. The lowest BCUT2D eigenvalue weighted by Gasteiger charge is -2.20. The fourth-order valence-corrected chi connectivity index (χ4v) is 2.14. The Morgan fingerprint density at radius 2 is 2.10 bits per heavy atom. The summed E-state index contributed by atoms with van der Waals surface area (Å²) in [6.45, 7) is 2.22. The SMILES string of the molecule is N#CCCN(Cc1cccnc1)Cc1ccc(Br)cn1. The van der Waals surface area contributed by atoms with Crippen LogP contribution in [-0.4, -0.2) is 21.4 Å². The number of halogens is 1. The zero-order chi connectivity index (χ0) is 14.2. The van der Waals surface area contributed by atoms with E-state index in [-0.39, 0.29) is 0 Å². The molecule has 20 heavy (non-hydrogen) atoms. The first-order valence-corrected chi connectivity index (χ1v) is 7.16. The van der Waals surface area contributed by atoms with E-state index in [2.05, 4.69) is 36.9 Å². The minimum atomic E-state index is 0.511. The van der Waals surface area contributed by atoms with Crippen LogP contribution in [0, 0.1) is 11.3 Å². The van der Waals surface area contributed by atoms with Crippen LogP contribution in [0.2, 0.25) is 0 Å². The molecule has 0 spiro atoms. The molecule has 0 saturated heterocycles. The van der Waals surface area contributed by atoms with Crippen LogP contribution in [0.4, 0.5) is 0 Å². The normalized spacial score (nSPS) is 10.4. The first-order valence-electron chi connectivity index (χ1n) is 6.36. The van der Waals surface area contributed by atoms with Gasteiger partial charge in [0, 0.05) is 49.1 Å². The van der Waals surface area contributed by atoms with Gasteiger partial charge in [-0.25, -0.2) is 0 Å². The van der Waals surface area contributed by atoms with Crippen molar-refractivity contribution in [3.8, 4) is 6.07 Å². The van der Waals surface area contributed by atoms with Crippen LogP contribution in [0.5, 0.6) is 0 Å². The quantitative estimate of drug-likeness (QED) is 0.816. The lowest BCUT2D eigenvalue weighted by molar-refractivity contribution is 0.259. The summed E-state index contributed by atoms with van der Waals surface area (Å²) in [6.07, 6.45) is 5.92. The van der Waals surface area contributed by atoms with Crippen molar-refractivity contribution in [2.75, 3.05) is 6.54 Å². The lowest BCUT2D eigenvalue weighted by atomic mass is 10.2. The molecule has 5 heteroatoms. The maximum absolute atomic E-state index is 8.77. The molecule has 0 radical (unpaired) electrons. The molecule has 2 aromatic heterocycles. The second kappa shape index (κ2) is 7.73. The molecular formula is C15H15BrN4. The van der Waals surface area contributed by atoms with Gasteiger partial charge in [-0.05, 0) is 39.7 Å². The number of pyridine rings is 2. The van der Waals surface area contributed by atoms with E-state index in [4.69, 9.17) is 5.26 Å². The zero-order valence-electron chi connectivity index (χ0n) is 11.0. The number of rotatable bonds is 6. The minimum absolute atomic E-state index is 0.511. The van der Waals surface area contributed by atoms with Crippen LogP contribution >= 0.6 is 15.9 Å². The molecule has 0 aromatic carbocycles. The second-order valence-electron chi connectivity index (χ2n) is 4.45. The van der Waals surface area contributed by atoms with Gasteiger partial charge in [0.1, 0.15) is 0 Å². The molecule has 0 aliphatic heterocycles. The predicted octanol–water partition coefficient (Wildman–Crippen LogP) is 3.15. The van der Waals surface area contributed by atoms with Gasteiger partial charge in [0.05, 0.1) is 11.8 Å². The van der Waals surface area contributed by atoms with E-state index in [0.29, 0.717) is 6.42 Å². The Labute approximate surface area is 127 Å². The second-order valence-corrected chi connectivity index (χ2v) is 5.36. The van der Waals surface area contributed by atoms with Crippen molar-refractivity contribution in [1.82, 2.24) is 14.9 Å². The first kappa shape index (κ1) is 14.6. The highest BCUT2D eigenvalue weighted by Gasteiger charge is 2.08.